The molecule has 0 saturated carbocycles. The van der Waals surface area contributed by atoms with Crippen LogP contribution >= 0.6 is 0 Å². The fourth-order valence-corrected chi connectivity index (χ4v) is 1.84. The van der Waals surface area contributed by atoms with Gasteiger partial charge in [0.2, 0.25) is 0 Å². The number of hydroxylamine groups is 1. The van der Waals surface area contributed by atoms with Crippen molar-refractivity contribution in [3.05, 3.63) is 23.8 Å². The van der Waals surface area contributed by atoms with Gasteiger partial charge in [-0.3, -0.25) is 14.4 Å². The predicted molar refractivity (Wildman–Crippen MR) is 90.5 cm³/mol. The van der Waals surface area contributed by atoms with Gasteiger partial charge in [-0.15, -0.1) is 0 Å². The zero-order chi connectivity index (χ0) is 20.4. The van der Waals surface area contributed by atoms with Crippen LogP contribution in [0.5, 0.6) is 11.5 Å². The van der Waals surface area contributed by atoms with Gasteiger partial charge in [0, 0.05) is 5.56 Å². The van der Waals surface area contributed by atoms with Crippen LogP contribution in [0.15, 0.2) is 18.2 Å². The molecule has 0 radical (unpaired) electrons. The number of unbranched alkanes of at least 4 members (excludes halogenated alkanes) is 1. The summed E-state index contributed by atoms with van der Waals surface area (Å²) >= 11 is 0. The van der Waals surface area contributed by atoms with Gasteiger partial charge in [0.25, 0.3) is 11.8 Å². The lowest BCUT2D eigenvalue weighted by atomic mass is 10.2. The lowest BCUT2D eigenvalue weighted by Gasteiger charge is -2.15. The van der Waals surface area contributed by atoms with Crippen molar-refractivity contribution in [2.75, 3.05) is 20.3 Å². The summed E-state index contributed by atoms with van der Waals surface area (Å²) < 4.78 is 46.9. The van der Waals surface area contributed by atoms with E-state index in [0.29, 0.717) is 18.1 Å². The van der Waals surface area contributed by atoms with E-state index in [4.69, 9.17) is 14.3 Å². The van der Waals surface area contributed by atoms with Gasteiger partial charge in [0.15, 0.2) is 17.6 Å². The summed E-state index contributed by atoms with van der Waals surface area (Å²) in [5.41, 5.74) is 2.19. The molecule has 0 fully saturated rings. The monoisotopic (exact) mass is 392 g/mol. The number of hydrogen-bond donors (Lipinski definition) is 2. The number of alkyl halides is 3. The van der Waals surface area contributed by atoms with E-state index in [0.717, 1.165) is 12.8 Å². The second kappa shape index (κ2) is 10.6. The highest BCUT2D eigenvalue weighted by molar-refractivity contribution is 5.94. The van der Waals surface area contributed by atoms with Crippen LogP contribution in [0.4, 0.5) is 13.2 Å². The molecule has 0 aromatic heterocycles. The smallest absolute Gasteiger partial charge is 0.405 e. The van der Waals surface area contributed by atoms with Gasteiger partial charge >= 0.3 is 6.18 Å². The molecule has 0 aliphatic carbocycles. The third-order valence-electron chi connectivity index (χ3n) is 3.34. The first-order valence-corrected chi connectivity index (χ1v) is 8.29. The number of nitrogens with one attached hydrogen (secondary N) is 2. The Morgan fingerprint density at radius 2 is 1.93 bits per heavy atom. The van der Waals surface area contributed by atoms with E-state index >= 15 is 0 Å². The summed E-state index contributed by atoms with van der Waals surface area (Å²) in [6.07, 6.45) is -4.01. The first-order valence-electron chi connectivity index (χ1n) is 8.29. The van der Waals surface area contributed by atoms with Crippen molar-refractivity contribution in [1.82, 2.24) is 10.8 Å². The molecule has 10 heteroatoms. The molecule has 2 N–H and O–H groups in total. The normalized spacial score (nSPS) is 12.2. The summed E-state index contributed by atoms with van der Waals surface area (Å²) in [5.74, 6) is -0.883. The summed E-state index contributed by atoms with van der Waals surface area (Å²) in [7, 11) is 1.42. The number of halogens is 3. The number of ether oxygens (including phenoxy) is 2. The van der Waals surface area contributed by atoms with Crippen LogP contribution < -0.4 is 20.3 Å². The Bertz CT molecular complexity index is 637. The molecule has 2 amide bonds. The predicted octanol–water partition coefficient (Wildman–Crippen LogP) is 2.60. The van der Waals surface area contributed by atoms with Gasteiger partial charge < -0.3 is 14.8 Å². The number of amides is 2. The fraction of sp³-hybridized carbons (Fsp3) is 0.529. The zero-order valence-electron chi connectivity index (χ0n) is 15.3. The summed E-state index contributed by atoms with van der Waals surface area (Å²) in [4.78, 5) is 28.4. The van der Waals surface area contributed by atoms with Crippen molar-refractivity contribution in [2.24, 2.45) is 0 Å². The van der Waals surface area contributed by atoms with Crippen LogP contribution in [0, 0.1) is 0 Å². The van der Waals surface area contributed by atoms with E-state index in [-0.39, 0.29) is 5.56 Å². The van der Waals surface area contributed by atoms with Gasteiger partial charge in [-0.1, -0.05) is 13.3 Å². The van der Waals surface area contributed by atoms with Crippen molar-refractivity contribution >= 4 is 11.8 Å². The van der Waals surface area contributed by atoms with Crippen molar-refractivity contribution in [2.45, 2.75) is 39.0 Å². The number of hydrogen-bond acceptors (Lipinski definition) is 5. The lowest BCUT2D eigenvalue weighted by molar-refractivity contribution is -0.147. The molecule has 0 aliphatic heterocycles. The molecule has 7 nitrogen and oxygen atoms in total. The molecule has 27 heavy (non-hydrogen) atoms. The van der Waals surface area contributed by atoms with E-state index in [1.807, 2.05) is 12.4 Å². The molecule has 0 saturated heterocycles. The maximum Gasteiger partial charge on any atom is 0.405 e. The van der Waals surface area contributed by atoms with Gasteiger partial charge in [0.1, 0.15) is 6.54 Å². The Balaban J connectivity index is 2.60. The number of carbonyl (C=O) groups excluding carboxylic acids is 2. The summed E-state index contributed by atoms with van der Waals surface area (Å²) in [5, 5.41) is 1.66. The SMILES string of the molecule is CCCCOc1ccc(C(=O)NO[C@H](C)C(=O)NCC(F)(F)F)cc1OC. The standard InChI is InChI=1S/C17H23F3N2O5/c1-4-5-8-26-13-7-6-12(9-14(13)25-3)16(24)22-27-11(2)15(23)21-10-17(18,19)20/h6-7,9,11H,4-5,8,10H2,1-3H3,(H,21,23)(H,22,24)/t11-/m1/s1. The molecule has 152 valence electrons. The molecule has 1 rings (SSSR count). The number of methoxy groups -OCH3 is 1. The average Bonchev–Trinajstić information content (AvgIpc) is 2.63. The number of rotatable bonds is 10. The van der Waals surface area contributed by atoms with Crippen molar-refractivity contribution < 1.29 is 37.1 Å². The molecule has 1 aromatic carbocycles. The molecule has 0 unspecified atom stereocenters. The largest absolute Gasteiger partial charge is 0.493 e. The fourth-order valence-electron chi connectivity index (χ4n) is 1.84. The Labute approximate surface area is 155 Å². The lowest BCUT2D eigenvalue weighted by Crippen LogP contribution is -2.42. The Kier molecular flexibility index (Phi) is 8.86. The second-order valence-electron chi connectivity index (χ2n) is 5.59. The molecule has 1 atom stereocenters. The van der Waals surface area contributed by atoms with E-state index in [9.17, 15) is 22.8 Å². The molecule has 0 bridgehead atoms. The van der Waals surface area contributed by atoms with Gasteiger partial charge in [-0.25, -0.2) is 5.48 Å². The molecule has 0 spiro atoms. The van der Waals surface area contributed by atoms with E-state index in [1.165, 1.54) is 26.2 Å². The Morgan fingerprint density at radius 3 is 2.52 bits per heavy atom. The topological polar surface area (TPSA) is 85.9 Å². The second-order valence-corrected chi connectivity index (χ2v) is 5.59. The number of carbonyl (C=O) groups is 2. The molecule has 0 heterocycles. The summed E-state index contributed by atoms with van der Waals surface area (Å²) in [6, 6.07) is 4.45. The maximum atomic E-state index is 12.1. The quantitative estimate of drug-likeness (QED) is 0.472. The minimum atomic E-state index is -4.53. The molecular formula is C17H23F3N2O5. The van der Waals surface area contributed by atoms with E-state index in [1.54, 1.807) is 11.4 Å². The van der Waals surface area contributed by atoms with E-state index < -0.39 is 30.6 Å². The minimum absolute atomic E-state index is 0.164. The van der Waals surface area contributed by atoms with Crippen LogP contribution in [0.1, 0.15) is 37.0 Å². The highest BCUT2D eigenvalue weighted by Crippen LogP contribution is 2.28. The molecule has 0 aliphatic rings. The Morgan fingerprint density at radius 1 is 1.22 bits per heavy atom. The average molecular weight is 392 g/mol. The summed E-state index contributed by atoms with van der Waals surface area (Å²) in [6.45, 7) is 2.26. The highest BCUT2D eigenvalue weighted by Gasteiger charge is 2.29. The van der Waals surface area contributed by atoms with Crippen molar-refractivity contribution in [3.63, 3.8) is 0 Å². The van der Waals surface area contributed by atoms with E-state index in [2.05, 4.69) is 0 Å². The van der Waals surface area contributed by atoms with Crippen molar-refractivity contribution in [3.8, 4) is 11.5 Å². The van der Waals surface area contributed by atoms with Gasteiger partial charge in [0.05, 0.1) is 13.7 Å². The van der Waals surface area contributed by atoms with Crippen LogP contribution in [0.2, 0.25) is 0 Å². The van der Waals surface area contributed by atoms with Crippen LogP contribution in [-0.2, 0) is 9.63 Å². The third-order valence-corrected chi connectivity index (χ3v) is 3.34. The van der Waals surface area contributed by atoms with Gasteiger partial charge in [-0.05, 0) is 31.5 Å². The Hall–Kier alpha value is -2.49. The van der Waals surface area contributed by atoms with Crippen LogP contribution in [0.3, 0.4) is 0 Å². The number of benzene rings is 1. The van der Waals surface area contributed by atoms with Crippen LogP contribution in [-0.4, -0.2) is 44.4 Å². The van der Waals surface area contributed by atoms with Crippen molar-refractivity contribution in [1.29, 1.82) is 0 Å². The molecule has 1 aromatic rings. The van der Waals surface area contributed by atoms with Crippen LogP contribution in [0.25, 0.3) is 0 Å². The highest BCUT2D eigenvalue weighted by atomic mass is 19.4. The first-order chi connectivity index (χ1) is 12.7. The third kappa shape index (κ3) is 8.16. The zero-order valence-corrected chi connectivity index (χ0v) is 15.3. The first kappa shape index (κ1) is 22.6. The van der Waals surface area contributed by atoms with Gasteiger partial charge in [-0.2, -0.15) is 13.2 Å². The molecular weight excluding hydrogens is 369 g/mol. The minimum Gasteiger partial charge on any atom is -0.493 e. The maximum absolute atomic E-state index is 12.1.